The molecule has 4 rings (SSSR count). The standard InChI is InChI=1S/C15H30N2O.C6H3N3O7/c1-2-4-6-16(7-5-3-1)8-10-17(11-9-16)12-14-18-15-13-17;10-6-4(8(13)14)1-3(7(11)12)2-5(6)9(15)16/h1-15H2;1-2,10H/q+2;. The van der Waals surface area contributed by atoms with E-state index in [1.807, 2.05) is 0 Å². The second kappa shape index (κ2) is 11.0. The molecule has 34 heavy (non-hydrogen) atoms. The molecule has 0 aliphatic carbocycles. The van der Waals surface area contributed by atoms with E-state index in [9.17, 15) is 30.3 Å². The summed E-state index contributed by atoms with van der Waals surface area (Å²) in [5.41, 5.74) is -3.00. The number of nitro groups is 3. The lowest BCUT2D eigenvalue weighted by Crippen LogP contribution is -2.69. The van der Waals surface area contributed by atoms with Crippen molar-refractivity contribution in [3.63, 3.8) is 0 Å². The maximum Gasteiger partial charge on any atom is 0.324 e. The number of hydrogen-bond acceptors (Lipinski definition) is 8. The summed E-state index contributed by atoms with van der Waals surface area (Å²) in [6.07, 6.45) is 7.39. The second-order valence-corrected chi connectivity index (χ2v) is 9.46. The number of non-ortho nitro benzene ring substituents is 1. The molecule has 3 aliphatic rings. The number of piperazine rings is 1. The van der Waals surface area contributed by atoms with Gasteiger partial charge < -0.3 is 18.8 Å². The summed E-state index contributed by atoms with van der Waals surface area (Å²) in [5, 5.41) is 40.2. The van der Waals surface area contributed by atoms with E-state index in [4.69, 9.17) is 9.84 Å². The van der Waals surface area contributed by atoms with E-state index in [0.717, 1.165) is 13.2 Å². The van der Waals surface area contributed by atoms with Gasteiger partial charge in [0.1, 0.15) is 39.3 Å². The molecule has 1 aromatic carbocycles. The van der Waals surface area contributed by atoms with Crippen molar-refractivity contribution in [1.29, 1.82) is 0 Å². The maximum absolute atomic E-state index is 10.4. The number of phenolic OH excluding ortho intramolecular Hbond substituents is 1. The van der Waals surface area contributed by atoms with E-state index >= 15 is 0 Å². The molecule has 0 atom stereocenters. The zero-order chi connectivity index (χ0) is 24.8. The highest BCUT2D eigenvalue weighted by Crippen LogP contribution is 2.39. The Morgan fingerprint density at radius 2 is 1.06 bits per heavy atom. The minimum Gasteiger partial charge on any atom is -0.497 e. The number of nitro benzene ring substituents is 3. The summed E-state index contributed by atoms with van der Waals surface area (Å²) in [6, 6.07) is 0.894. The van der Waals surface area contributed by atoms with Crippen LogP contribution in [0.4, 0.5) is 17.1 Å². The number of benzene rings is 1. The average molecular weight is 484 g/mol. The summed E-state index contributed by atoms with van der Waals surface area (Å²) >= 11 is 0. The highest BCUT2D eigenvalue weighted by atomic mass is 16.6. The van der Waals surface area contributed by atoms with Crippen LogP contribution >= 0.6 is 0 Å². The van der Waals surface area contributed by atoms with E-state index in [0.29, 0.717) is 12.1 Å². The number of ether oxygens (including phenoxy) is 1. The van der Waals surface area contributed by atoms with Crippen molar-refractivity contribution >= 4 is 17.1 Å². The van der Waals surface area contributed by atoms with E-state index < -0.39 is 37.6 Å². The number of phenols is 1. The van der Waals surface area contributed by atoms with Gasteiger partial charge in [-0.2, -0.15) is 0 Å². The van der Waals surface area contributed by atoms with Crippen LogP contribution in [0.3, 0.4) is 0 Å². The van der Waals surface area contributed by atoms with Gasteiger partial charge in [0.15, 0.2) is 0 Å². The summed E-state index contributed by atoms with van der Waals surface area (Å²) in [5.74, 6) is -1.21. The Morgan fingerprint density at radius 1 is 0.647 bits per heavy atom. The van der Waals surface area contributed by atoms with Gasteiger partial charge in [-0.15, -0.1) is 0 Å². The van der Waals surface area contributed by atoms with Crippen molar-refractivity contribution in [2.45, 2.75) is 32.1 Å². The van der Waals surface area contributed by atoms with Crippen molar-refractivity contribution in [3.05, 3.63) is 42.5 Å². The Bertz CT molecular complexity index is 863. The van der Waals surface area contributed by atoms with E-state index in [1.54, 1.807) is 0 Å². The Labute approximate surface area is 197 Å². The Hall–Kier alpha value is -2.90. The van der Waals surface area contributed by atoms with Gasteiger partial charge in [-0.1, -0.05) is 6.42 Å². The molecule has 1 N–H and O–H groups in total. The molecule has 3 saturated heterocycles. The molecule has 3 fully saturated rings. The zero-order valence-electron chi connectivity index (χ0n) is 19.3. The van der Waals surface area contributed by atoms with Gasteiger partial charge >= 0.3 is 11.4 Å². The fourth-order valence-corrected chi connectivity index (χ4v) is 5.21. The van der Waals surface area contributed by atoms with Gasteiger partial charge in [0, 0.05) is 0 Å². The van der Waals surface area contributed by atoms with Crippen molar-refractivity contribution in [3.8, 4) is 5.75 Å². The van der Waals surface area contributed by atoms with Crippen LogP contribution in [-0.2, 0) is 4.74 Å². The van der Waals surface area contributed by atoms with Crippen molar-refractivity contribution in [2.75, 3.05) is 65.6 Å². The Balaban J connectivity index is 0.000000192. The number of nitrogens with zero attached hydrogens (tertiary/aromatic N) is 5. The second-order valence-electron chi connectivity index (χ2n) is 9.46. The van der Waals surface area contributed by atoms with E-state index in [1.165, 1.54) is 93.4 Å². The number of aromatic hydroxyl groups is 1. The van der Waals surface area contributed by atoms with Crippen molar-refractivity contribution in [2.24, 2.45) is 0 Å². The van der Waals surface area contributed by atoms with Crippen LogP contribution in [0.15, 0.2) is 12.1 Å². The third-order valence-electron chi connectivity index (χ3n) is 7.44. The van der Waals surface area contributed by atoms with Crippen LogP contribution < -0.4 is 0 Å². The lowest BCUT2D eigenvalue weighted by atomic mass is 10.0. The lowest BCUT2D eigenvalue weighted by molar-refractivity contribution is -1.03. The molecule has 3 heterocycles. The molecule has 0 saturated carbocycles. The van der Waals surface area contributed by atoms with Crippen LogP contribution in [0.1, 0.15) is 32.1 Å². The summed E-state index contributed by atoms with van der Waals surface area (Å²) in [6.45, 7) is 13.2. The number of morpholine rings is 1. The third-order valence-corrected chi connectivity index (χ3v) is 7.44. The Morgan fingerprint density at radius 3 is 1.47 bits per heavy atom. The molecule has 3 aliphatic heterocycles. The van der Waals surface area contributed by atoms with Crippen LogP contribution in [0.2, 0.25) is 0 Å². The molecule has 0 aromatic heterocycles. The van der Waals surface area contributed by atoms with Gasteiger partial charge in [0.25, 0.3) is 11.4 Å². The number of quaternary nitrogens is 2. The highest BCUT2D eigenvalue weighted by molar-refractivity contribution is 5.64. The average Bonchev–Trinajstić information content (AvgIpc) is 2.79. The predicted octanol–water partition coefficient (Wildman–Crippen LogP) is 2.74. The van der Waals surface area contributed by atoms with Gasteiger partial charge in [-0.25, -0.2) is 0 Å². The molecule has 2 spiro atoms. The normalized spacial score (nSPS) is 21.5. The van der Waals surface area contributed by atoms with Crippen LogP contribution in [-0.4, -0.2) is 94.4 Å². The number of rotatable bonds is 3. The SMILES string of the molecule is C1CCC[N+]2(CCC1)CC[N+]1(CCOCC1)CC2.O=[N+]([O-])c1cc([N+](=O)[O-])c(O)c([N+](=O)[O-])c1. The fourth-order valence-electron chi connectivity index (χ4n) is 5.21. The lowest BCUT2D eigenvalue weighted by Gasteiger charge is -2.51. The molecular formula is C21H33N5O8+2. The van der Waals surface area contributed by atoms with Crippen LogP contribution in [0.25, 0.3) is 0 Å². The molecule has 13 heteroatoms. The fraction of sp³-hybridized carbons (Fsp3) is 0.714. The molecule has 0 bridgehead atoms. The molecule has 0 radical (unpaired) electrons. The first-order chi connectivity index (χ1) is 16.2. The van der Waals surface area contributed by atoms with Gasteiger partial charge in [0.2, 0.25) is 0 Å². The van der Waals surface area contributed by atoms with Gasteiger partial charge in [0.05, 0.1) is 53.2 Å². The van der Waals surface area contributed by atoms with E-state index in [-0.39, 0.29) is 0 Å². The van der Waals surface area contributed by atoms with Crippen molar-refractivity contribution < 1.29 is 33.6 Å². The molecule has 1 aromatic rings. The minimum absolute atomic E-state index is 0.447. The smallest absolute Gasteiger partial charge is 0.324 e. The first-order valence-corrected chi connectivity index (χ1v) is 11.8. The monoisotopic (exact) mass is 483 g/mol. The predicted molar refractivity (Wildman–Crippen MR) is 121 cm³/mol. The molecule has 0 amide bonds. The quantitative estimate of drug-likeness (QED) is 0.390. The summed E-state index contributed by atoms with van der Waals surface area (Å²) in [7, 11) is 0. The first kappa shape index (κ1) is 25.7. The van der Waals surface area contributed by atoms with Crippen LogP contribution in [0, 0.1) is 30.3 Å². The zero-order valence-corrected chi connectivity index (χ0v) is 19.3. The topological polar surface area (TPSA) is 159 Å². The first-order valence-electron chi connectivity index (χ1n) is 11.8. The molecule has 13 nitrogen and oxygen atoms in total. The maximum atomic E-state index is 10.4. The van der Waals surface area contributed by atoms with Gasteiger partial charge in [-0.05, 0) is 25.7 Å². The largest absolute Gasteiger partial charge is 0.497 e. The minimum atomic E-state index is -1.21. The van der Waals surface area contributed by atoms with Crippen molar-refractivity contribution in [1.82, 2.24) is 0 Å². The molecule has 188 valence electrons. The summed E-state index contributed by atoms with van der Waals surface area (Å²) in [4.78, 5) is 27.8. The third kappa shape index (κ3) is 6.15. The molecular weight excluding hydrogens is 450 g/mol. The van der Waals surface area contributed by atoms with E-state index in [2.05, 4.69) is 0 Å². The highest BCUT2D eigenvalue weighted by Gasteiger charge is 2.42. The Kier molecular flexibility index (Phi) is 8.33. The van der Waals surface area contributed by atoms with Gasteiger partial charge in [-0.3, -0.25) is 30.3 Å². The number of hydrogen-bond donors (Lipinski definition) is 1. The van der Waals surface area contributed by atoms with Crippen LogP contribution in [0.5, 0.6) is 5.75 Å². The summed E-state index contributed by atoms with van der Waals surface area (Å²) < 4.78 is 8.38. The molecule has 0 unspecified atom stereocenters.